The number of allylic oxidation sites excluding steroid dienone is 2. The van der Waals surface area contributed by atoms with Gasteiger partial charge in [-0.3, -0.25) is 24.0 Å². The molecule has 0 atom stereocenters. The summed E-state index contributed by atoms with van der Waals surface area (Å²) in [5.41, 5.74) is 3.10. The Balaban J connectivity index is -0.000000609. The Morgan fingerprint density at radius 1 is 0.500 bits per heavy atom. The van der Waals surface area contributed by atoms with Crippen LogP contribution in [0, 0.1) is 0 Å². The van der Waals surface area contributed by atoms with Crippen LogP contribution in [0.3, 0.4) is 0 Å². The number of carbonyl (C=O) groups is 9. The summed E-state index contributed by atoms with van der Waals surface area (Å²) in [6.07, 6.45) is 5.04. The standard InChI is InChI=1S/C24H37N5O6.C24H36N4O5.4Rb/c1-3-11-26-21(31)5-4-14-35-15-13-28-23(33)17-24(34)29-19-8-6-18(7-9-19)16-22(32)27-12-10-20(30)25-2;1-4-11-26-22(30)6-5-13-33-14-12-27-23(31)17-24(32)28-20-9-7-19(8-10-20)16-21(29)15-18(2)25-3;;;;/h6-9H,3-5,10-17H2,1-2H3,(H5,25,26,27,28,29,30,31,32,33,34);7-10,15H,4-6,11-14,16-17H2,1-3H3,(H4,25,26,27,28,29,30,31,32);;;;/q;;4*+1/p-4. The first-order chi connectivity index (χ1) is 32.7. The van der Waals surface area contributed by atoms with Gasteiger partial charge in [-0.15, -0.1) is 24.5 Å². The van der Waals surface area contributed by atoms with Crippen LogP contribution in [0.5, 0.6) is 0 Å². The molecule has 0 spiro atoms. The van der Waals surface area contributed by atoms with Gasteiger partial charge in [-0.05, 0) is 43.7 Å². The molecule has 0 aliphatic carbocycles. The Kier molecular flexibility index (Phi) is 57.4. The molecule has 24 heteroatoms. The van der Waals surface area contributed by atoms with E-state index in [0.29, 0.717) is 63.4 Å². The van der Waals surface area contributed by atoms with Crippen molar-refractivity contribution in [2.45, 2.75) is 91.4 Å². The zero-order valence-corrected chi connectivity index (χ0v) is 63.8. The van der Waals surface area contributed by atoms with E-state index < -0.39 is 36.5 Å². The van der Waals surface area contributed by atoms with Gasteiger partial charge < -0.3 is 76.5 Å². The van der Waals surface area contributed by atoms with Crippen LogP contribution < -0.4 is 259 Å². The van der Waals surface area contributed by atoms with Crippen LogP contribution in [0.1, 0.15) is 89.7 Å². The number of nitrogens with zero attached hydrogens (tertiary/aromatic N) is 4. The molecule has 0 unspecified atom stereocenters. The molecule has 0 aliphatic heterocycles. The second kappa shape index (κ2) is 52.3. The minimum Gasteiger partial charge on any atom is -0.651 e. The molecule has 5 N–H and O–H groups in total. The number of rotatable bonds is 33. The van der Waals surface area contributed by atoms with E-state index in [-0.39, 0.29) is 314 Å². The van der Waals surface area contributed by atoms with Crippen molar-refractivity contribution >= 4 is 64.4 Å². The first-order valence-electron chi connectivity index (χ1n) is 22.8. The smallest absolute Gasteiger partial charge is 0.651 e. The van der Waals surface area contributed by atoms with Gasteiger partial charge in [0.25, 0.3) is 0 Å². The number of hydrogen-bond acceptors (Lipinski definition) is 12. The zero-order valence-electron chi connectivity index (χ0n) is 44.1. The quantitative estimate of drug-likeness (QED) is 0.0253. The number of carbonyl (C=O) groups excluding carboxylic acids is 9. The number of amides is 8. The van der Waals surface area contributed by atoms with Crippen molar-refractivity contribution in [1.29, 1.82) is 0 Å². The fourth-order valence-corrected chi connectivity index (χ4v) is 5.42. The van der Waals surface area contributed by atoms with Crippen LogP contribution >= 0.6 is 0 Å². The summed E-state index contributed by atoms with van der Waals surface area (Å²) in [5, 5.41) is 28.9. The molecular weight excluding hydrogens is 1220 g/mol. The number of hydrogen-bond donors (Lipinski definition) is 5. The van der Waals surface area contributed by atoms with Gasteiger partial charge in [0.2, 0.25) is 23.6 Å². The summed E-state index contributed by atoms with van der Waals surface area (Å²) in [6.45, 7) is 8.94. The summed E-state index contributed by atoms with van der Waals surface area (Å²) in [7, 11) is 3.28. The fraction of sp³-hybridized carbons (Fsp3) is 0.521. The normalized spacial score (nSPS) is 9.99. The molecule has 0 fully saturated rings. The summed E-state index contributed by atoms with van der Waals surface area (Å²) in [5.74, 6) is -2.74. The molecule has 2 aromatic carbocycles. The van der Waals surface area contributed by atoms with Crippen molar-refractivity contribution in [3.05, 3.63) is 92.7 Å². The number of ketones is 1. The molecule has 0 saturated carbocycles. The molecule has 2 rings (SSSR count). The summed E-state index contributed by atoms with van der Waals surface area (Å²) in [4.78, 5) is 105. The number of ether oxygens (including phenoxy) is 2. The van der Waals surface area contributed by atoms with E-state index in [1.165, 1.54) is 13.1 Å². The summed E-state index contributed by atoms with van der Waals surface area (Å²) < 4.78 is 10.7. The molecule has 0 saturated heterocycles. The van der Waals surface area contributed by atoms with Gasteiger partial charge in [0.15, 0.2) is 5.78 Å². The number of nitrogens with one attached hydrogen (secondary N) is 5. The molecule has 376 valence electrons. The molecule has 2 aromatic rings. The minimum atomic E-state index is -0.613. The van der Waals surface area contributed by atoms with E-state index in [2.05, 4.69) is 47.9 Å². The van der Waals surface area contributed by atoms with Gasteiger partial charge in [0.1, 0.15) is 0 Å². The predicted octanol–water partition coefficient (Wildman–Crippen LogP) is -7.29. The van der Waals surface area contributed by atoms with Crippen molar-refractivity contribution in [3.8, 4) is 0 Å². The Morgan fingerprint density at radius 3 is 1.32 bits per heavy atom. The van der Waals surface area contributed by atoms with Crippen LogP contribution in [0.25, 0.3) is 21.3 Å². The fourth-order valence-electron chi connectivity index (χ4n) is 5.42. The Bertz CT molecular complexity index is 1930. The van der Waals surface area contributed by atoms with Crippen LogP contribution in [-0.2, 0) is 65.5 Å². The summed E-state index contributed by atoms with van der Waals surface area (Å²) in [6, 6.07) is 13.2. The van der Waals surface area contributed by atoms with Crippen molar-refractivity contribution < 1.29 is 285 Å². The van der Waals surface area contributed by atoms with Crippen molar-refractivity contribution in [3.63, 3.8) is 0 Å². The van der Waals surface area contributed by atoms with Gasteiger partial charge in [-0.2, -0.15) is 0 Å². The van der Waals surface area contributed by atoms with Gasteiger partial charge in [0.05, 0.1) is 30.0 Å². The first-order valence-corrected chi connectivity index (χ1v) is 22.8. The van der Waals surface area contributed by atoms with Crippen molar-refractivity contribution in [2.75, 3.05) is 73.2 Å². The summed E-state index contributed by atoms with van der Waals surface area (Å²) >= 11 is 0. The maximum absolute atomic E-state index is 12.0. The third kappa shape index (κ3) is 45.6. The molecule has 20 nitrogen and oxygen atoms in total. The van der Waals surface area contributed by atoms with Crippen LogP contribution in [-0.4, -0.2) is 126 Å². The second-order valence-electron chi connectivity index (χ2n) is 15.1. The minimum absolute atomic E-state index is 0. The first kappa shape index (κ1) is 79.0. The average molecular weight is 1290 g/mol. The average Bonchev–Trinajstić information content (AvgIpc) is 3.30. The second-order valence-corrected chi connectivity index (χ2v) is 15.1. The molecule has 0 heterocycles. The van der Waals surface area contributed by atoms with E-state index in [4.69, 9.17) is 9.47 Å². The van der Waals surface area contributed by atoms with Crippen molar-refractivity contribution in [2.24, 2.45) is 0 Å². The third-order valence-electron chi connectivity index (χ3n) is 9.03. The molecule has 0 bridgehead atoms. The molecule has 72 heavy (non-hydrogen) atoms. The predicted molar refractivity (Wildman–Crippen MR) is 258 cm³/mol. The van der Waals surface area contributed by atoms with E-state index in [9.17, 15) is 43.2 Å². The maximum atomic E-state index is 12.0. The van der Waals surface area contributed by atoms with E-state index in [1.807, 2.05) is 20.8 Å². The zero-order chi connectivity index (χ0) is 50.4. The molecule has 0 radical (unpaired) electrons. The van der Waals surface area contributed by atoms with E-state index in [1.54, 1.807) is 55.6 Å². The molecule has 0 aliphatic rings. The van der Waals surface area contributed by atoms with Gasteiger partial charge in [-0.1, -0.05) is 62.4 Å². The Morgan fingerprint density at radius 2 is 0.917 bits per heavy atom. The van der Waals surface area contributed by atoms with Crippen LogP contribution in [0.4, 0.5) is 11.4 Å². The topological polar surface area (TPSA) is 289 Å². The SMILES string of the molecule is CCCNC(=O)CCCOCC[N-]C(=O)CC(=O)[N-]c1ccc(CC(=O)/C=C(/C)NC)cc1.CCCNC(=O)CCCOCC[N-]C(=O)CC(=O)[N-]c1ccc(CC(=O)NCCC(=O)NC)cc1.[Rb+].[Rb+].[Rb+].[Rb+]. The van der Waals surface area contributed by atoms with Gasteiger partial charge in [-0.25, -0.2) is 0 Å². The van der Waals surface area contributed by atoms with E-state index >= 15 is 0 Å². The van der Waals surface area contributed by atoms with Crippen LogP contribution in [0.2, 0.25) is 0 Å². The molecule has 0 aromatic heterocycles. The van der Waals surface area contributed by atoms with E-state index in [0.717, 1.165) is 29.7 Å². The Labute approximate surface area is 621 Å². The maximum Gasteiger partial charge on any atom is 1.00 e. The molecular formula is C48H69N9O11Rb4. The van der Waals surface area contributed by atoms with Gasteiger partial charge >= 0.3 is 233 Å². The van der Waals surface area contributed by atoms with Crippen molar-refractivity contribution in [1.82, 2.24) is 26.6 Å². The van der Waals surface area contributed by atoms with Crippen LogP contribution in [0.15, 0.2) is 60.3 Å². The largest absolute Gasteiger partial charge is 1.00 e. The van der Waals surface area contributed by atoms with Gasteiger partial charge in [0, 0.05) is 110 Å². The number of benzene rings is 2. The monoisotopic (exact) mass is 1290 g/mol. The Hall–Kier alpha value is 0.551. The molecule has 8 amide bonds. The third-order valence-corrected chi connectivity index (χ3v) is 9.03.